The van der Waals surface area contributed by atoms with Crippen molar-refractivity contribution >= 4 is 13.6 Å². The van der Waals surface area contributed by atoms with Crippen molar-refractivity contribution in [2.75, 3.05) is 20.3 Å². The van der Waals surface area contributed by atoms with E-state index in [0.717, 1.165) is 6.42 Å². The molecule has 0 aromatic rings. The van der Waals surface area contributed by atoms with Crippen LogP contribution in [0.2, 0.25) is 0 Å². The molecule has 8 nitrogen and oxygen atoms in total. The quantitative estimate of drug-likeness (QED) is 0.185. The molecule has 1 unspecified atom stereocenters. The van der Waals surface area contributed by atoms with Crippen molar-refractivity contribution in [1.82, 2.24) is 5.23 Å². The summed E-state index contributed by atoms with van der Waals surface area (Å²) in [7, 11) is 2.74. The molecule has 0 spiro atoms. The van der Waals surface area contributed by atoms with E-state index >= 15 is 0 Å². The highest BCUT2D eigenvalue weighted by atomic mass is 17.0. The third-order valence-corrected chi connectivity index (χ3v) is 1.77. The highest BCUT2D eigenvalue weighted by Crippen LogP contribution is 1.99. The van der Waals surface area contributed by atoms with Gasteiger partial charge in [-0.1, -0.05) is 13.3 Å². The van der Waals surface area contributed by atoms with E-state index in [1.54, 1.807) is 0 Å². The maximum atomic E-state index is 11.5. The number of hydrogen-bond acceptors (Lipinski definition) is 7. The zero-order valence-corrected chi connectivity index (χ0v) is 9.88. The maximum Gasteiger partial charge on any atom is 0.396 e. The Bertz CT molecular complexity index is 240. The fraction of sp³-hybridized carbons (Fsp3) is 0.875. The predicted octanol–water partition coefficient (Wildman–Crippen LogP) is -0.323. The second-order valence-electron chi connectivity index (χ2n) is 3.09. The molecule has 0 saturated carbocycles. The van der Waals surface area contributed by atoms with E-state index in [2.05, 4.69) is 14.7 Å². The Morgan fingerprint density at radius 1 is 1.53 bits per heavy atom. The first kappa shape index (κ1) is 15.7. The second-order valence-corrected chi connectivity index (χ2v) is 3.09. The van der Waals surface area contributed by atoms with Crippen LogP contribution in [0.3, 0.4) is 0 Å². The van der Waals surface area contributed by atoms with Gasteiger partial charge in [-0.25, -0.2) is 0 Å². The fourth-order valence-electron chi connectivity index (χ4n) is 1.06. The summed E-state index contributed by atoms with van der Waals surface area (Å²) in [4.78, 5) is 25.3. The molecule has 0 aromatic heterocycles. The Hall–Kier alpha value is -1.35. The van der Waals surface area contributed by atoms with Gasteiger partial charge in [-0.2, -0.15) is 0 Å². The van der Waals surface area contributed by atoms with Crippen LogP contribution in [0.1, 0.15) is 19.8 Å². The molecular weight excluding hydrogens is 231 g/mol. The lowest BCUT2D eigenvalue weighted by molar-refractivity contribution is -0.757. The van der Waals surface area contributed by atoms with Crippen LogP contribution in [0, 0.1) is 10.1 Å². The largest absolute Gasteiger partial charge is 0.462 e. The molecule has 0 saturated heterocycles. The lowest BCUT2D eigenvalue weighted by Gasteiger charge is -2.15. The van der Waals surface area contributed by atoms with Crippen molar-refractivity contribution in [3.05, 3.63) is 10.1 Å². The van der Waals surface area contributed by atoms with E-state index in [0.29, 0.717) is 6.42 Å². The lowest BCUT2D eigenvalue weighted by atomic mass is 10.1. The molecule has 0 fully saturated rings. The first-order chi connectivity index (χ1) is 8.11. The van der Waals surface area contributed by atoms with E-state index in [1.807, 2.05) is 6.92 Å². The highest BCUT2D eigenvalue weighted by Gasteiger charge is 2.18. The van der Waals surface area contributed by atoms with Gasteiger partial charge in [0.25, 0.3) is 5.09 Å². The molecule has 0 aromatic carbocycles. The van der Waals surface area contributed by atoms with Crippen molar-refractivity contribution in [2.24, 2.45) is 0 Å². The van der Waals surface area contributed by atoms with E-state index in [1.165, 1.54) is 14.7 Å². The van der Waals surface area contributed by atoms with Crippen LogP contribution >= 0.6 is 0 Å². The summed E-state index contributed by atoms with van der Waals surface area (Å²) >= 11 is 0. The summed E-state index contributed by atoms with van der Waals surface area (Å²) in [5.74, 6) is -0.493. The lowest BCUT2D eigenvalue weighted by Crippen LogP contribution is -2.41. The number of hydrogen-bond donors (Lipinski definition) is 1. The molecule has 0 heterocycles. The number of carbonyl (C=O) groups is 1. The normalized spacial score (nSPS) is 11.6. The zero-order valence-electron chi connectivity index (χ0n) is 9.88. The summed E-state index contributed by atoms with van der Waals surface area (Å²) in [6.45, 7) is 1.49. The minimum Gasteiger partial charge on any atom is -0.462 e. The SMILES string of the molecule is CCCC(N[B]OC)C(=O)OCCO[N+](=O)[O-]. The summed E-state index contributed by atoms with van der Waals surface area (Å²) < 4.78 is 9.47. The van der Waals surface area contributed by atoms with Crippen LogP contribution in [0.5, 0.6) is 0 Å². The minimum atomic E-state index is -0.936. The summed E-state index contributed by atoms with van der Waals surface area (Å²) in [5.41, 5.74) is 0. The molecule has 0 bridgehead atoms. The predicted molar refractivity (Wildman–Crippen MR) is 58.5 cm³/mol. The van der Waals surface area contributed by atoms with Gasteiger partial charge in [0.2, 0.25) is 0 Å². The molecule has 0 aliphatic heterocycles. The third kappa shape index (κ3) is 8.46. The van der Waals surface area contributed by atoms with Crippen LogP contribution in [-0.4, -0.2) is 45.0 Å². The second kappa shape index (κ2) is 9.85. The maximum absolute atomic E-state index is 11.5. The van der Waals surface area contributed by atoms with Crippen LogP contribution < -0.4 is 5.23 Å². The van der Waals surface area contributed by atoms with E-state index in [4.69, 9.17) is 4.74 Å². The van der Waals surface area contributed by atoms with Gasteiger partial charge in [0.1, 0.15) is 13.2 Å². The summed E-state index contributed by atoms with van der Waals surface area (Å²) in [5, 5.41) is 11.6. The average Bonchev–Trinajstić information content (AvgIpc) is 2.29. The summed E-state index contributed by atoms with van der Waals surface area (Å²) in [6.07, 6.45) is 1.37. The van der Waals surface area contributed by atoms with Crippen LogP contribution in [0.4, 0.5) is 0 Å². The molecule has 97 valence electrons. The Morgan fingerprint density at radius 2 is 2.24 bits per heavy atom. The number of nitrogens with one attached hydrogen (secondary N) is 1. The standard InChI is InChI=1S/C8H16BN2O6/c1-3-4-7(10-9-15-2)8(12)16-5-6-17-11(13)14/h7,10H,3-6H2,1-2H3. The Morgan fingerprint density at radius 3 is 2.76 bits per heavy atom. The van der Waals surface area contributed by atoms with Crippen molar-refractivity contribution < 1.29 is 24.1 Å². The molecule has 0 aliphatic carbocycles. The summed E-state index contributed by atoms with van der Waals surface area (Å²) in [6, 6.07) is -0.518. The first-order valence-corrected chi connectivity index (χ1v) is 5.16. The monoisotopic (exact) mass is 247 g/mol. The van der Waals surface area contributed by atoms with Crippen LogP contribution in [0.15, 0.2) is 0 Å². The Balaban J connectivity index is 3.83. The average molecular weight is 247 g/mol. The number of ether oxygens (including phenoxy) is 1. The molecule has 0 rings (SSSR count). The third-order valence-electron chi connectivity index (χ3n) is 1.77. The topological polar surface area (TPSA) is 99.9 Å². The van der Waals surface area contributed by atoms with Crippen molar-refractivity contribution in [1.29, 1.82) is 0 Å². The molecule has 0 amide bonds. The van der Waals surface area contributed by atoms with E-state index < -0.39 is 17.1 Å². The molecule has 1 N–H and O–H groups in total. The number of esters is 1. The minimum absolute atomic E-state index is 0.158. The first-order valence-electron chi connectivity index (χ1n) is 5.16. The smallest absolute Gasteiger partial charge is 0.396 e. The molecular formula is C8H16BN2O6. The van der Waals surface area contributed by atoms with Crippen LogP contribution in [0.25, 0.3) is 0 Å². The van der Waals surface area contributed by atoms with Gasteiger partial charge < -0.3 is 19.5 Å². The number of carbonyl (C=O) groups excluding carboxylic acids is 1. The van der Waals surface area contributed by atoms with E-state index in [-0.39, 0.29) is 13.2 Å². The molecule has 1 radical (unpaired) electrons. The van der Waals surface area contributed by atoms with E-state index in [9.17, 15) is 14.9 Å². The van der Waals surface area contributed by atoms with Gasteiger partial charge >= 0.3 is 13.6 Å². The van der Waals surface area contributed by atoms with Gasteiger partial charge in [0, 0.05) is 7.11 Å². The zero-order chi connectivity index (χ0) is 13.1. The highest BCUT2D eigenvalue weighted by molar-refractivity contribution is 6.24. The van der Waals surface area contributed by atoms with Crippen molar-refractivity contribution in [3.63, 3.8) is 0 Å². The van der Waals surface area contributed by atoms with Gasteiger partial charge in [-0.15, -0.1) is 10.1 Å². The van der Waals surface area contributed by atoms with Gasteiger partial charge in [0.15, 0.2) is 0 Å². The van der Waals surface area contributed by atoms with Gasteiger partial charge in [-0.3, -0.25) is 4.79 Å². The molecule has 0 aliphatic rings. The van der Waals surface area contributed by atoms with Crippen LogP contribution in [-0.2, 0) is 19.0 Å². The Kier molecular flexibility index (Phi) is 9.07. The molecule has 1 atom stereocenters. The number of rotatable bonds is 10. The van der Waals surface area contributed by atoms with Gasteiger partial charge in [-0.05, 0) is 6.42 Å². The van der Waals surface area contributed by atoms with Crippen molar-refractivity contribution in [2.45, 2.75) is 25.8 Å². The number of nitrogens with zero attached hydrogens (tertiary/aromatic N) is 1. The van der Waals surface area contributed by atoms with Gasteiger partial charge in [0.05, 0.1) is 6.04 Å². The Labute approximate surface area is 100.0 Å². The molecule has 9 heteroatoms. The van der Waals surface area contributed by atoms with Crippen molar-refractivity contribution in [3.8, 4) is 0 Å². The fourth-order valence-corrected chi connectivity index (χ4v) is 1.06. The molecule has 17 heavy (non-hydrogen) atoms.